The fraction of sp³-hybridized carbons (Fsp3) is 0.750. The SMILES string of the molecule is CCC(C)(C#N)COC(C)=O. The lowest BCUT2D eigenvalue weighted by Gasteiger charge is -2.17. The Balaban J connectivity index is 3.91. The first kappa shape index (κ1) is 9.96. The summed E-state index contributed by atoms with van der Waals surface area (Å²) in [5.41, 5.74) is -0.522. The van der Waals surface area contributed by atoms with Crippen LogP contribution in [0.3, 0.4) is 0 Å². The van der Waals surface area contributed by atoms with E-state index in [4.69, 9.17) is 10.00 Å². The van der Waals surface area contributed by atoms with Crippen molar-refractivity contribution < 1.29 is 9.53 Å². The van der Waals surface area contributed by atoms with E-state index < -0.39 is 5.41 Å². The Kier molecular flexibility index (Phi) is 3.59. The lowest BCUT2D eigenvalue weighted by atomic mass is 9.91. The molecule has 3 heteroatoms. The number of hydrogen-bond acceptors (Lipinski definition) is 3. The predicted octanol–water partition coefficient (Wildman–Crippen LogP) is 1.49. The van der Waals surface area contributed by atoms with Crippen LogP contribution < -0.4 is 0 Å². The molecular formula is C8H13NO2. The molecule has 0 aliphatic carbocycles. The molecule has 0 saturated heterocycles. The van der Waals surface area contributed by atoms with Gasteiger partial charge in [0.1, 0.15) is 6.61 Å². The van der Waals surface area contributed by atoms with Crippen LogP contribution in [0.5, 0.6) is 0 Å². The van der Waals surface area contributed by atoms with E-state index in [-0.39, 0.29) is 12.6 Å². The quantitative estimate of drug-likeness (QED) is 0.580. The molecule has 0 aromatic heterocycles. The maximum atomic E-state index is 10.4. The van der Waals surface area contributed by atoms with Gasteiger partial charge >= 0.3 is 5.97 Å². The molecule has 0 fully saturated rings. The first-order valence-corrected chi connectivity index (χ1v) is 3.58. The molecule has 0 saturated carbocycles. The summed E-state index contributed by atoms with van der Waals surface area (Å²) in [6.07, 6.45) is 0.691. The summed E-state index contributed by atoms with van der Waals surface area (Å²) in [7, 11) is 0. The van der Waals surface area contributed by atoms with Gasteiger partial charge in [-0.1, -0.05) is 6.92 Å². The van der Waals surface area contributed by atoms with E-state index in [1.165, 1.54) is 6.92 Å². The Morgan fingerprint density at radius 2 is 2.27 bits per heavy atom. The van der Waals surface area contributed by atoms with E-state index in [1.807, 2.05) is 6.92 Å². The average molecular weight is 155 g/mol. The zero-order valence-electron chi connectivity index (χ0n) is 7.18. The molecule has 0 radical (unpaired) electrons. The van der Waals surface area contributed by atoms with Gasteiger partial charge in [-0.25, -0.2) is 0 Å². The third kappa shape index (κ3) is 3.61. The number of esters is 1. The summed E-state index contributed by atoms with van der Waals surface area (Å²) in [6, 6.07) is 2.11. The minimum Gasteiger partial charge on any atom is -0.464 e. The molecule has 0 aliphatic heterocycles. The Morgan fingerprint density at radius 3 is 2.55 bits per heavy atom. The van der Waals surface area contributed by atoms with Gasteiger partial charge in [-0.3, -0.25) is 4.79 Å². The van der Waals surface area contributed by atoms with Gasteiger partial charge in [0.15, 0.2) is 0 Å². The molecule has 0 aliphatic rings. The van der Waals surface area contributed by atoms with Crippen molar-refractivity contribution in [2.24, 2.45) is 5.41 Å². The van der Waals surface area contributed by atoms with E-state index in [2.05, 4.69) is 6.07 Å². The first-order chi connectivity index (χ1) is 5.04. The number of carbonyl (C=O) groups excluding carboxylic acids is 1. The van der Waals surface area contributed by atoms with Crippen LogP contribution >= 0.6 is 0 Å². The predicted molar refractivity (Wildman–Crippen MR) is 40.6 cm³/mol. The van der Waals surface area contributed by atoms with Crippen molar-refractivity contribution >= 4 is 5.97 Å². The number of carbonyl (C=O) groups is 1. The summed E-state index contributed by atoms with van der Waals surface area (Å²) in [5.74, 6) is -0.333. The standard InChI is InChI=1S/C8H13NO2/c1-4-8(3,5-9)6-11-7(2)10/h4,6H2,1-3H3. The van der Waals surface area contributed by atoms with Crippen molar-refractivity contribution in [2.75, 3.05) is 6.61 Å². The highest BCUT2D eigenvalue weighted by molar-refractivity contribution is 5.65. The van der Waals surface area contributed by atoms with Crippen LogP contribution in [0.25, 0.3) is 0 Å². The molecule has 0 amide bonds. The number of nitrogens with zero attached hydrogens (tertiary/aromatic N) is 1. The van der Waals surface area contributed by atoms with Crippen LogP contribution in [0.2, 0.25) is 0 Å². The minimum absolute atomic E-state index is 0.190. The summed E-state index contributed by atoms with van der Waals surface area (Å²) in [6.45, 7) is 5.20. The van der Waals surface area contributed by atoms with E-state index in [9.17, 15) is 4.79 Å². The molecule has 1 atom stereocenters. The fourth-order valence-corrected chi connectivity index (χ4v) is 0.474. The molecule has 1 unspecified atom stereocenters. The summed E-state index contributed by atoms with van der Waals surface area (Å²) in [4.78, 5) is 10.4. The highest BCUT2D eigenvalue weighted by Crippen LogP contribution is 2.19. The van der Waals surface area contributed by atoms with Crippen LogP contribution in [-0.2, 0) is 9.53 Å². The summed E-state index contributed by atoms with van der Waals surface area (Å²) in [5, 5.41) is 8.66. The molecule has 0 aromatic rings. The van der Waals surface area contributed by atoms with Gasteiger partial charge in [0, 0.05) is 6.92 Å². The Hall–Kier alpha value is -1.04. The molecule has 0 spiro atoms. The minimum atomic E-state index is -0.522. The topological polar surface area (TPSA) is 50.1 Å². The molecular weight excluding hydrogens is 142 g/mol. The van der Waals surface area contributed by atoms with Crippen LogP contribution in [0.1, 0.15) is 27.2 Å². The average Bonchev–Trinajstić information content (AvgIpc) is 2.00. The van der Waals surface area contributed by atoms with E-state index in [1.54, 1.807) is 6.92 Å². The van der Waals surface area contributed by atoms with Crippen molar-refractivity contribution in [3.8, 4) is 6.07 Å². The lowest BCUT2D eigenvalue weighted by Crippen LogP contribution is -2.21. The van der Waals surface area contributed by atoms with Crippen molar-refractivity contribution in [1.82, 2.24) is 0 Å². The van der Waals surface area contributed by atoms with Gasteiger partial charge in [-0.15, -0.1) is 0 Å². The van der Waals surface area contributed by atoms with Gasteiger partial charge < -0.3 is 4.74 Å². The van der Waals surface area contributed by atoms with Gasteiger partial charge in [-0.05, 0) is 13.3 Å². The van der Waals surface area contributed by atoms with Crippen LogP contribution in [-0.4, -0.2) is 12.6 Å². The highest BCUT2D eigenvalue weighted by atomic mass is 16.5. The van der Waals surface area contributed by atoms with Gasteiger partial charge in [0.05, 0.1) is 11.5 Å². The summed E-state index contributed by atoms with van der Waals surface area (Å²) < 4.78 is 4.73. The normalized spacial score (nSPS) is 14.7. The monoisotopic (exact) mass is 155 g/mol. The van der Waals surface area contributed by atoms with Gasteiger partial charge in [0.25, 0.3) is 0 Å². The number of rotatable bonds is 3. The second-order valence-corrected chi connectivity index (χ2v) is 2.81. The molecule has 62 valence electrons. The smallest absolute Gasteiger partial charge is 0.302 e. The van der Waals surface area contributed by atoms with E-state index >= 15 is 0 Å². The van der Waals surface area contributed by atoms with Crippen LogP contribution in [0.4, 0.5) is 0 Å². The molecule has 0 N–H and O–H groups in total. The molecule has 11 heavy (non-hydrogen) atoms. The van der Waals surface area contributed by atoms with Crippen LogP contribution in [0.15, 0.2) is 0 Å². The Morgan fingerprint density at radius 1 is 1.73 bits per heavy atom. The number of nitriles is 1. The zero-order chi connectivity index (χ0) is 8.91. The third-order valence-electron chi connectivity index (χ3n) is 1.64. The fourth-order valence-electron chi connectivity index (χ4n) is 0.474. The number of hydrogen-bond donors (Lipinski definition) is 0. The Bertz CT molecular complexity index is 183. The first-order valence-electron chi connectivity index (χ1n) is 3.58. The second-order valence-electron chi connectivity index (χ2n) is 2.81. The van der Waals surface area contributed by atoms with Crippen LogP contribution in [0, 0.1) is 16.7 Å². The molecule has 0 bridgehead atoms. The lowest BCUT2D eigenvalue weighted by molar-refractivity contribution is -0.143. The van der Waals surface area contributed by atoms with Crippen molar-refractivity contribution in [3.05, 3.63) is 0 Å². The van der Waals surface area contributed by atoms with E-state index in [0.717, 1.165) is 0 Å². The maximum Gasteiger partial charge on any atom is 0.302 e. The highest BCUT2D eigenvalue weighted by Gasteiger charge is 2.22. The zero-order valence-corrected chi connectivity index (χ0v) is 7.18. The number of ether oxygens (including phenoxy) is 1. The molecule has 0 rings (SSSR count). The van der Waals surface area contributed by atoms with E-state index in [0.29, 0.717) is 6.42 Å². The van der Waals surface area contributed by atoms with Crippen molar-refractivity contribution in [2.45, 2.75) is 27.2 Å². The molecule has 0 heterocycles. The maximum absolute atomic E-state index is 10.4. The summed E-state index contributed by atoms with van der Waals surface area (Å²) >= 11 is 0. The largest absolute Gasteiger partial charge is 0.464 e. The van der Waals surface area contributed by atoms with Crippen molar-refractivity contribution in [1.29, 1.82) is 5.26 Å². The second kappa shape index (κ2) is 3.97. The molecule has 3 nitrogen and oxygen atoms in total. The third-order valence-corrected chi connectivity index (χ3v) is 1.64. The molecule has 0 aromatic carbocycles. The Labute approximate surface area is 67.0 Å². The van der Waals surface area contributed by atoms with Gasteiger partial charge in [-0.2, -0.15) is 5.26 Å². The van der Waals surface area contributed by atoms with Gasteiger partial charge in [0.2, 0.25) is 0 Å². The van der Waals surface area contributed by atoms with Crippen molar-refractivity contribution in [3.63, 3.8) is 0 Å².